The highest BCUT2D eigenvalue weighted by molar-refractivity contribution is 5.04. The molecule has 1 fully saturated rings. The molecule has 0 aromatic carbocycles. The van der Waals surface area contributed by atoms with Crippen molar-refractivity contribution in [3.63, 3.8) is 0 Å². The van der Waals surface area contributed by atoms with E-state index in [-0.39, 0.29) is 0 Å². The predicted molar refractivity (Wildman–Crippen MR) is 62.4 cm³/mol. The SMILES string of the molecule is NCCc1cn(Cc2cncn2C2CC2)nn1. The summed E-state index contributed by atoms with van der Waals surface area (Å²) in [6.45, 7) is 1.34. The second-order valence-corrected chi connectivity index (χ2v) is 4.47. The van der Waals surface area contributed by atoms with Crippen LogP contribution in [0.5, 0.6) is 0 Å². The number of hydrogen-bond acceptors (Lipinski definition) is 4. The molecule has 1 aliphatic carbocycles. The molecular formula is C11H16N6. The average molecular weight is 232 g/mol. The molecule has 0 saturated heterocycles. The molecule has 0 bridgehead atoms. The maximum atomic E-state index is 5.49. The van der Waals surface area contributed by atoms with Crippen molar-refractivity contribution in [3.8, 4) is 0 Å². The van der Waals surface area contributed by atoms with Gasteiger partial charge in [0.1, 0.15) is 0 Å². The second kappa shape index (κ2) is 4.29. The average Bonchev–Trinajstić information content (AvgIpc) is 2.91. The van der Waals surface area contributed by atoms with Gasteiger partial charge in [0, 0.05) is 18.7 Å². The molecule has 2 heterocycles. The third-order valence-corrected chi connectivity index (χ3v) is 3.00. The molecule has 0 atom stereocenters. The van der Waals surface area contributed by atoms with Gasteiger partial charge in [-0.25, -0.2) is 9.67 Å². The molecule has 0 spiro atoms. The number of nitrogens with zero attached hydrogens (tertiary/aromatic N) is 5. The summed E-state index contributed by atoms with van der Waals surface area (Å²) in [4.78, 5) is 4.20. The molecule has 1 saturated carbocycles. The van der Waals surface area contributed by atoms with Crippen LogP contribution in [0.25, 0.3) is 0 Å². The Morgan fingerprint density at radius 1 is 1.41 bits per heavy atom. The van der Waals surface area contributed by atoms with Crippen molar-refractivity contribution >= 4 is 0 Å². The Morgan fingerprint density at radius 2 is 2.29 bits per heavy atom. The second-order valence-electron chi connectivity index (χ2n) is 4.47. The van der Waals surface area contributed by atoms with E-state index in [2.05, 4.69) is 19.9 Å². The zero-order valence-corrected chi connectivity index (χ0v) is 9.66. The molecule has 2 aromatic rings. The van der Waals surface area contributed by atoms with E-state index in [1.165, 1.54) is 18.5 Å². The molecule has 90 valence electrons. The highest BCUT2D eigenvalue weighted by Crippen LogP contribution is 2.35. The minimum Gasteiger partial charge on any atom is -0.330 e. The van der Waals surface area contributed by atoms with Crippen molar-refractivity contribution < 1.29 is 0 Å². The summed E-state index contributed by atoms with van der Waals surface area (Å²) in [7, 11) is 0. The molecule has 0 amide bonds. The highest BCUT2D eigenvalue weighted by atomic mass is 15.4. The summed E-state index contributed by atoms with van der Waals surface area (Å²) in [6.07, 6.45) is 9.07. The summed E-state index contributed by atoms with van der Waals surface area (Å²) in [6, 6.07) is 0.652. The van der Waals surface area contributed by atoms with Gasteiger partial charge in [0.2, 0.25) is 0 Å². The van der Waals surface area contributed by atoms with Crippen molar-refractivity contribution in [1.82, 2.24) is 24.5 Å². The molecule has 6 nitrogen and oxygen atoms in total. The van der Waals surface area contributed by atoms with Crippen LogP contribution in [-0.2, 0) is 13.0 Å². The molecule has 2 aromatic heterocycles. The van der Waals surface area contributed by atoms with Gasteiger partial charge in [0.05, 0.1) is 30.5 Å². The zero-order valence-electron chi connectivity index (χ0n) is 9.66. The standard InChI is InChI=1S/C11H16N6/c12-4-3-9-6-16(15-14-9)7-11-5-13-8-17(11)10-1-2-10/h5-6,8,10H,1-4,7,12H2. The number of hydrogen-bond donors (Lipinski definition) is 1. The van der Waals surface area contributed by atoms with Crippen LogP contribution in [0.2, 0.25) is 0 Å². The van der Waals surface area contributed by atoms with Crippen LogP contribution in [0.4, 0.5) is 0 Å². The van der Waals surface area contributed by atoms with Crippen LogP contribution in [-0.4, -0.2) is 31.1 Å². The largest absolute Gasteiger partial charge is 0.330 e. The van der Waals surface area contributed by atoms with Gasteiger partial charge in [-0.3, -0.25) is 0 Å². The van der Waals surface area contributed by atoms with Gasteiger partial charge < -0.3 is 10.3 Å². The Bertz CT molecular complexity index is 496. The van der Waals surface area contributed by atoms with Crippen LogP contribution in [0.15, 0.2) is 18.7 Å². The van der Waals surface area contributed by atoms with E-state index in [0.717, 1.165) is 18.7 Å². The van der Waals surface area contributed by atoms with Crippen molar-refractivity contribution in [2.75, 3.05) is 6.54 Å². The molecule has 0 aliphatic heterocycles. The number of imidazole rings is 1. The Balaban J connectivity index is 1.74. The van der Waals surface area contributed by atoms with Gasteiger partial charge in [0.25, 0.3) is 0 Å². The maximum Gasteiger partial charge on any atom is 0.0951 e. The smallest absolute Gasteiger partial charge is 0.0951 e. The molecule has 0 radical (unpaired) electrons. The van der Waals surface area contributed by atoms with Crippen LogP contribution in [0, 0.1) is 0 Å². The van der Waals surface area contributed by atoms with Gasteiger partial charge in [-0.1, -0.05) is 5.21 Å². The summed E-state index contributed by atoms with van der Waals surface area (Å²) in [5.74, 6) is 0. The van der Waals surface area contributed by atoms with Crippen molar-refractivity contribution in [2.45, 2.75) is 31.8 Å². The van der Waals surface area contributed by atoms with Crippen LogP contribution in [0.3, 0.4) is 0 Å². The Hall–Kier alpha value is -1.69. The fourth-order valence-corrected chi connectivity index (χ4v) is 1.98. The molecule has 6 heteroatoms. The number of rotatable bonds is 5. The monoisotopic (exact) mass is 232 g/mol. The molecule has 1 aliphatic rings. The quantitative estimate of drug-likeness (QED) is 0.807. The molecule has 17 heavy (non-hydrogen) atoms. The number of nitrogens with two attached hydrogens (primary N) is 1. The van der Waals surface area contributed by atoms with E-state index in [1.54, 1.807) is 0 Å². The minimum atomic E-state index is 0.610. The number of aromatic nitrogens is 5. The van der Waals surface area contributed by atoms with E-state index in [9.17, 15) is 0 Å². The molecule has 0 unspecified atom stereocenters. The van der Waals surface area contributed by atoms with E-state index < -0.39 is 0 Å². The minimum absolute atomic E-state index is 0.610. The van der Waals surface area contributed by atoms with Crippen molar-refractivity contribution in [3.05, 3.63) is 30.1 Å². The summed E-state index contributed by atoms with van der Waals surface area (Å²) < 4.78 is 4.09. The Morgan fingerprint density at radius 3 is 3.06 bits per heavy atom. The van der Waals surface area contributed by atoms with Crippen molar-refractivity contribution in [1.29, 1.82) is 0 Å². The van der Waals surface area contributed by atoms with Crippen LogP contribution in [0.1, 0.15) is 30.3 Å². The van der Waals surface area contributed by atoms with Crippen molar-refractivity contribution in [2.24, 2.45) is 5.73 Å². The first kappa shape index (κ1) is 10.5. The first-order valence-electron chi connectivity index (χ1n) is 5.96. The van der Waals surface area contributed by atoms with Crippen LogP contribution < -0.4 is 5.73 Å². The van der Waals surface area contributed by atoms with Gasteiger partial charge in [0.15, 0.2) is 0 Å². The van der Waals surface area contributed by atoms with E-state index >= 15 is 0 Å². The molecule has 2 N–H and O–H groups in total. The van der Waals surface area contributed by atoms with Gasteiger partial charge in [-0.05, 0) is 19.4 Å². The summed E-state index contributed by atoms with van der Waals surface area (Å²) in [5, 5.41) is 8.18. The normalized spacial score (nSPS) is 15.4. The lowest BCUT2D eigenvalue weighted by atomic mass is 10.3. The Labute approximate surface area is 99.4 Å². The van der Waals surface area contributed by atoms with Gasteiger partial charge in [-0.2, -0.15) is 0 Å². The first-order chi connectivity index (χ1) is 8.36. The van der Waals surface area contributed by atoms with Crippen LogP contribution >= 0.6 is 0 Å². The van der Waals surface area contributed by atoms with E-state index in [1.807, 2.05) is 23.4 Å². The third-order valence-electron chi connectivity index (χ3n) is 3.00. The van der Waals surface area contributed by atoms with Gasteiger partial charge in [-0.15, -0.1) is 5.10 Å². The zero-order chi connectivity index (χ0) is 11.7. The van der Waals surface area contributed by atoms with E-state index in [0.29, 0.717) is 12.6 Å². The highest BCUT2D eigenvalue weighted by Gasteiger charge is 2.25. The maximum absolute atomic E-state index is 5.49. The predicted octanol–water partition coefficient (Wildman–Crippen LogP) is 0.359. The third kappa shape index (κ3) is 2.21. The lowest BCUT2D eigenvalue weighted by molar-refractivity contribution is 0.597. The fraction of sp³-hybridized carbons (Fsp3) is 0.545. The Kier molecular flexibility index (Phi) is 2.64. The van der Waals surface area contributed by atoms with E-state index in [4.69, 9.17) is 5.73 Å². The lowest BCUT2D eigenvalue weighted by Crippen LogP contribution is -2.06. The van der Waals surface area contributed by atoms with Gasteiger partial charge >= 0.3 is 0 Å². The topological polar surface area (TPSA) is 74.6 Å². The first-order valence-corrected chi connectivity index (χ1v) is 5.96. The lowest BCUT2D eigenvalue weighted by Gasteiger charge is -2.05. The summed E-state index contributed by atoms with van der Waals surface area (Å²) >= 11 is 0. The summed E-state index contributed by atoms with van der Waals surface area (Å²) in [5.41, 5.74) is 7.63. The fourth-order valence-electron chi connectivity index (χ4n) is 1.98. The molecular weight excluding hydrogens is 216 g/mol. The molecule has 3 rings (SSSR count).